The number of carboxylic acid groups (broad SMARTS) is 1. The fourth-order valence-electron chi connectivity index (χ4n) is 1.51. The number of carboxylic acids is 1. The second-order valence-electron chi connectivity index (χ2n) is 4.17. The largest absolute Gasteiger partial charge is 0.490 e. The van der Waals surface area contributed by atoms with Crippen LogP contribution in [0.5, 0.6) is 5.75 Å². The summed E-state index contributed by atoms with van der Waals surface area (Å²) in [6, 6.07) is 6.62. The zero-order chi connectivity index (χ0) is 12.1. The Bertz CT molecular complexity index is 385. The van der Waals surface area contributed by atoms with E-state index in [2.05, 4.69) is 0 Å². The van der Waals surface area contributed by atoms with Gasteiger partial charge in [0.25, 0.3) is 0 Å². The summed E-state index contributed by atoms with van der Waals surface area (Å²) in [4.78, 5) is 10.9. The molecular formula is C13H16O4. The first-order valence-electron chi connectivity index (χ1n) is 5.80. The highest BCUT2D eigenvalue weighted by Crippen LogP contribution is 2.28. The van der Waals surface area contributed by atoms with Crippen LogP contribution in [0.2, 0.25) is 0 Å². The second-order valence-corrected chi connectivity index (χ2v) is 4.17. The molecular weight excluding hydrogens is 220 g/mol. The van der Waals surface area contributed by atoms with Gasteiger partial charge in [-0.1, -0.05) is 12.1 Å². The molecule has 4 nitrogen and oxygen atoms in total. The van der Waals surface area contributed by atoms with Gasteiger partial charge >= 0.3 is 5.97 Å². The quantitative estimate of drug-likeness (QED) is 0.737. The number of rotatable bonds is 7. The zero-order valence-electron chi connectivity index (χ0n) is 9.59. The van der Waals surface area contributed by atoms with Crippen LogP contribution in [0.3, 0.4) is 0 Å². The Morgan fingerprint density at radius 1 is 1.29 bits per heavy atom. The van der Waals surface area contributed by atoms with E-state index in [9.17, 15) is 4.79 Å². The van der Waals surface area contributed by atoms with E-state index in [1.54, 1.807) is 18.2 Å². The molecule has 1 aromatic rings. The molecule has 0 atom stereocenters. The lowest BCUT2D eigenvalue weighted by Gasteiger charge is -2.09. The number of benzene rings is 1. The number of hydrogen-bond acceptors (Lipinski definition) is 3. The summed E-state index contributed by atoms with van der Waals surface area (Å²) in [5.74, 6) is 0.163. The molecule has 0 aliphatic heterocycles. The van der Waals surface area contributed by atoms with Gasteiger partial charge in [0.15, 0.2) is 0 Å². The average molecular weight is 236 g/mol. The number of hydrogen-bond donors (Lipinski definition) is 1. The second kappa shape index (κ2) is 5.68. The summed E-state index contributed by atoms with van der Waals surface area (Å²) in [6.45, 7) is 1.69. The van der Waals surface area contributed by atoms with Gasteiger partial charge in [-0.25, -0.2) is 4.79 Å². The fourth-order valence-corrected chi connectivity index (χ4v) is 1.51. The molecule has 4 heteroatoms. The monoisotopic (exact) mass is 236 g/mol. The molecule has 1 N–H and O–H groups in total. The van der Waals surface area contributed by atoms with Crippen LogP contribution in [0.1, 0.15) is 23.2 Å². The Morgan fingerprint density at radius 3 is 2.76 bits per heavy atom. The van der Waals surface area contributed by atoms with Crippen LogP contribution in [-0.4, -0.2) is 30.9 Å². The van der Waals surface area contributed by atoms with Crippen molar-refractivity contribution in [2.75, 3.05) is 19.8 Å². The number of para-hydroxylation sites is 1. The average Bonchev–Trinajstić information content (AvgIpc) is 3.13. The van der Waals surface area contributed by atoms with Gasteiger partial charge in [-0.3, -0.25) is 0 Å². The molecule has 0 unspecified atom stereocenters. The van der Waals surface area contributed by atoms with Crippen molar-refractivity contribution in [2.45, 2.75) is 12.8 Å². The van der Waals surface area contributed by atoms with Gasteiger partial charge in [0.05, 0.1) is 6.61 Å². The maximum absolute atomic E-state index is 10.9. The summed E-state index contributed by atoms with van der Waals surface area (Å²) in [5.41, 5.74) is 0.190. The van der Waals surface area contributed by atoms with Gasteiger partial charge in [-0.05, 0) is 30.9 Å². The molecule has 2 rings (SSSR count). The molecule has 1 aliphatic carbocycles. The molecule has 1 fully saturated rings. The summed E-state index contributed by atoms with van der Waals surface area (Å²) < 4.78 is 10.8. The molecule has 1 aliphatic rings. The van der Waals surface area contributed by atoms with E-state index in [1.807, 2.05) is 0 Å². The van der Waals surface area contributed by atoms with Crippen LogP contribution in [0, 0.1) is 5.92 Å². The molecule has 1 aromatic carbocycles. The molecule has 0 amide bonds. The van der Waals surface area contributed by atoms with Crippen molar-refractivity contribution in [3.8, 4) is 5.75 Å². The minimum atomic E-state index is -0.973. The van der Waals surface area contributed by atoms with Crippen LogP contribution >= 0.6 is 0 Å². The number of ether oxygens (including phenoxy) is 2. The van der Waals surface area contributed by atoms with Crippen molar-refractivity contribution in [3.63, 3.8) is 0 Å². The normalized spacial score (nSPS) is 14.6. The van der Waals surface area contributed by atoms with Crippen LogP contribution in [0.15, 0.2) is 24.3 Å². The Balaban J connectivity index is 1.75. The van der Waals surface area contributed by atoms with E-state index in [0.717, 1.165) is 12.5 Å². The third-order valence-electron chi connectivity index (χ3n) is 2.65. The molecule has 1 saturated carbocycles. The Kier molecular flexibility index (Phi) is 3.98. The minimum Gasteiger partial charge on any atom is -0.490 e. The van der Waals surface area contributed by atoms with Crippen molar-refractivity contribution in [1.82, 2.24) is 0 Å². The van der Waals surface area contributed by atoms with Gasteiger partial charge in [0.2, 0.25) is 0 Å². The highest BCUT2D eigenvalue weighted by atomic mass is 16.5. The van der Waals surface area contributed by atoms with Crippen LogP contribution in [-0.2, 0) is 4.74 Å². The van der Waals surface area contributed by atoms with Gasteiger partial charge in [0.1, 0.15) is 17.9 Å². The summed E-state index contributed by atoms with van der Waals surface area (Å²) in [5, 5.41) is 8.94. The number of aromatic carboxylic acids is 1. The molecule has 0 spiro atoms. The Morgan fingerprint density at radius 2 is 2.06 bits per heavy atom. The highest BCUT2D eigenvalue weighted by molar-refractivity contribution is 5.90. The molecule has 0 radical (unpaired) electrons. The SMILES string of the molecule is O=C(O)c1ccccc1OCCOCC1CC1. The highest BCUT2D eigenvalue weighted by Gasteiger charge is 2.20. The van der Waals surface area contributed by atoms with E-state index in [0.29, 0.717) is 19.0 Å². The predicted molar refractivity (Wildman–Crippen MR) is 62.4 cm³/mol. The van der Waals surface area contributed by atoms with Crippen molar-refractivity contribution in [3.05, 3.63) is 29.8 Å². The van der Waals surface area contributed by atoms with Crippen LogP contribution < -0.4 is 4.74 Å². The summed E-state index contributed by atoms with van der Waals surface area (Å²) in [7, 11) is 0. The lowest BCUT2D eigenvalue weighted by atomic mass is 10.2. The summed E-state index contributed by atoms with van der Waals surface area (Å²) in [6.07, 6.45) is 2.53. The maximum Gasteiger partial charge on any atom is 0.339 e. The van der Waals surface area contributed by atoms with Crippen LogP contribution in [0.25, 0.3) is 0 Å². The Hall–Kier alpha value is -1.55. The van der Waals surface area contributed by atoms with E-state index >= 15 is 0 Å². The predicted octanol–water partition coefficient (Wildman–Crippen LogP) is 2.19. The molecule has 0 heterocycles. The van der Waals surface area contributed by atoms with Crippen LogP contribution in [0.4, 0.5) is 0 Å². The van der Waals surface area contributed by atoms with E-state index in [4.69, 9.17) is 14.6 Å². The Labute approximate surface area is 100 Å². The van der Waals surface area contributed by atoms with Crippen molar-refractivity contribution < 1.29 is 19.4 Å². The number of carbonyl (C=O) groups is 1. The third-order valence-corrected chi connectivity index (χ3v) is 2.65. The minimum absolute atomic E-state index is 0.190. The standard InChI is InChI=1S/C13H16O4/c14-13(15)11-3-1-2-4-12(11)17-8-7-16-9-10-5-6-10/h1-4,10H,5-9H2,(H,14,15). The van der Waals surface area contributed by atoms with Crippen molar-refractivity contribution >= 4 is 5.97 Å². The van der Waals surface area contributed by atoms with Gasteiger partial charge in [0, 0.05) is 6.61 Å². The molecule has 92 valence electrons. The topological polar surface area (TPSA) is 55.8 Å². The van der Waals surface area contributed by atoms with E-state index < -0.39 is 5.97 Å². The third kappa shape index (κ3) is 3.75. The first-order valence-corrected chi connectivity index (χ1v) is 5.80. The molecule has 17 heavy (non-hydrogen) atoms. The van der Waals surface area contributed by atoms with Gasteiger partial charge in [-0.2, -0.15) is 0 Å². The smallest absolute Gasteiger partial charge is 0.339 e. The molecule has 0 bridgehead atoms. The first kappa shape index (κ1) is 11.9. The first-order chi connectivity index (χ1) is 8.27. The molecule has 0 saturated heterocycles. The van der Waals surface area contributed by atoms with Gasteiger partial charge < -0.3 is 14.6 Å². The maximum atomic E-state index is 10.9. The van der Waals surface area contributed by atoms with E-state index in [1.165, 1.54) is 18.9 Å². The van der Waals surface area contributed by atoms with E-state index in [-0.39, 0.29) is 5.56 Å². The fraction of sp³-hybridized carbons (Fsp3) is 0.462. The van der Waals surface area contributed by atoms with Gasteiger partial charge in [-0.15, -0.1) is 0 Å². The van der Waals surface area contributed by atoms with Crippen molar-refractivity contribution in [1.29, 1.82) is 0 Å². The summed E-state index contributed by atoms with van der Waals surface area (Å²) >= 11 is 0. The lowest BCUT2D eigenvalue weighted by molar-refractivity contribution is 0.0683. The van der Waals surface area contributed by atoms with Crippen molar-refractivity contribution in [2.24, 2.45) is 5.92 Å². The molecule has 0 aromatic heterocycles. The lowest BCUT2D eigenvalue weighted by Crippen LogP contribution is -2.10. The zero-order valence-corrected chi connectivity index (χ0v) is 9.59.